The van der Waals surface area contributed by atoms with E-state index in [4.69, 9.17) is 11.5 Å². The van der Waals surface area contributed by atoms with Crippen molar-refractivity contribution in [1.29, 1.82) is 0 Å². The summed E-state index contributed by atoms with van der Waals surface area (Å²) in [6.07, 6.45) is 4.99. The first-order valence-electron chi connectivity index (χ1n) is 4.94. The highest BCUT2D eigenvalue weighted by molar-refractivity contribution is 4.90. The molecule has 72 valence electrons. The van der Waals surface area contributed by atoms with E-state index in [-0.39, 0.29) is 5.41 Å². The lowest BCUT2D eigenvalue weighted by Crippen LogP contribution is -2.42. The molecule has 12 heavy (non-hydrogen) atoms. The first-order chi connectivity index (χ1) is 5.54. The van der Waals surface area contributed by atoms with E-state index in [2.05, 4.69) is 13.8 Å². The molecule has 0 saturated heterocycles. The highest BCUT2D eigenvalue weighted by atomic mass is 14.7. The van der Waals surface area contributed by atoms with Gasteiger partial charge in [0.1, 0.15) is 0 Å². The van der Waals surface area contributed by atoms with Crippen LogP contribution in [0.3, 0.4) is 0 Å². The van der Waals surface area contributed by atoms with Crippen molar-refractivity contribution in [3.63, 3.8) is 0 Å². The summed E-state index contributed by atoms with van der Waals surface area (Å²) < 4.78 is 0. The lowest BCUT2D eigenvalue weighted by Gasteiger charge is -2.42. The van der Waals surface area contributed by atoms with Gasteiger partial charge in [0.05, 0.1) is 0 Å². The first kappa shape index (κ1) is 10.0. The molecule has 2 heteroatoms. The zero-order valence-electron chi connectivity index (χ0n) is 8.40. The minimum absolute atomic E-state index is 0.273. The van der Waals surface area contributed by atoms with Gasteiger partial charge in [0, 0.05) is 0 Å². The minimum Gasteiger partial charge on any atom is -0.330 e. The number of hydrogen-bond acceptors (Lipinski definition) is 2. The van der Waals surface area contributed by atoms with Crippen molar-refractivity contribution < 1.29 is 0 Å². The van der Waals surface area contributed by atoms with E-state index in [0.717, 1.165) is 13.1 Å². The second-order valence-electron chi connectivity index (χ2n) is 5.07. The maximum atomic E-state index is 5.76. The van der Waals surface area contributed by atoms with Crippen LogP contribution in [0.25, 0.3) is 0 Å². The standard InChI is InChI=1S/C10H22N2/c1-9(2)3-5-10(7-11,8-12)6-4-9/h3-8,11-12H2,1-2H3. The van der Waals surface area contributed by atoms with Crippen molar-refractivity contribution in [3.05, 3.63) is 0 Å². The Balaban J connectivity index is 2.53. The van der Waals surface area contributed by atoms with Crippen molar-refractivity contribution in [2.24, 2.45) is 22.3 Å². The summed E-state index contributed by atoms with van der Waals surface area (Å²) in [6.45, 7) is 6.20. The van der Waals surface area contributed by atoms with Gasteiger partial charge in [0.15, 0.2) is 0 Å². The average molecular weight is 170 g/mol. The van der Waals surface area contributed by atoms with Gasteiger partial charge in [-0.15, -0.1) is 0 Å². The summed E-state index contributed by atoms with van der Waals surface area (Å²) in [4.78, 5) is 0. The summed E-state index contributed by atoms with van der Waals surface area (Å²) in [5.74, 6) is 0. The third-order valence-electron chi connectivity index (χ3n) is 3.53. The van der Waals surface area contributed by atoms with Gasteiger partial charge in [0.2, 0.25) is 0 Å². The molecule has 0 atom stereocenters. The molecule has 2 nitrogen and oxygen atoms in total. The lowest BCUT2D eigenvalue weighted by atomic mass is 9.65. The Morgan fingerprint density at radius 3 is 1.67 bits per heavy atom. The largest absolute Gasteiger partial charge is 0.330 e. The predicted molar refractivity (Wildman–Crippen MR) is 52.8 cm³/mol. The maximum absolute atomic E-state index is 5.76. The lowest BCUT2D eigenvalue weighted by molar-refractivity contribution is 0.115. The number of hydrogen-bond donors (Lipinski definition) is 2. The van der Waals surface area contributed by atoms with E-state index in [9.17, 15) is 0 Å². The molecule has 1 aliphatic rings. The fourth-order valence-electron chi connectivity index (χ4n) is 1.95. The molecule has 1 aliphatic carbocycles. The molecule has 1 fully saturated rings. The van der Waals surface area contributed by atoms with Crippen molar-refractivity contribution >= 4 is 0 Å². The molecular formula is C10H22N2. The summed E-state index contributed by atoms with van der Waals surface area (Å²) in [6, 6.07) is 0. The van der Waals surface area contributed by atoms with E-state index >= 15 is 0 Å². The maximum Gasteiger partial charge on any atom is -0.000843 e. The summed E-state index contributed by atoms with van der Waals surface area (Å²) in [5.41, 5.74) is 12.3. The van der Waals surface area contributed by atoms with E-state index < -0.39 is 0 Å². The van der Waals surface area contributed by atoms with Crippen LogP contribution in [0.1, 0.15) is 39.5 Å². The smallest absolute Gasteiger partial charge is 0.000843 e. The fourth-order valence-corrected chi connectivity index (χ4v) is 1.95. The van der Waals surface area contributed by atoms with E-state index in [0.29, 0.717) is 5.41 Å². The Kier molecular flexibility index (Phi) is 2.79. The normalized spacial score (nSPS) is 27.0. The Hall–Kier alpha value is -0.0800. The monoisotopic (exact) mass is 170 g/mol. The summed E-state index contributed by atoms with van der Waals surface area (Å²) in [5, 5.41) is 0. The molecule has 1 rings (SSSR count). The topological polar surface area (TPSA) is 52.0 Å². The van der Waals surface area contributed by atoms with Crippen LogP contribution in [-0.2, 0) is 0 Å². The van der Waals surface area contributed by atoms with Gasteiger partial charge in [-0.1, -0.05) is 13.8 Å². The van der Waals surface area contributed by atoms with Gasteiger partial charge in [-0.3, -0.25) is 0 Å². The van der Waals surface area contributed by atoms with E-state index in [1.54, 1.807) is 0 Å². The van der Waals surface area contributed by atoms with Crippen LogP contribution >= 0.6 is 0 Å². The summed E-state index contributed by atoms with van der Waals surface area (Å²) >= 11 is 0. The van der Waals surface area contributed by atoms with Crippen LogP contribution in [0.2, 0.25) is 0 Å². The first-order valence-corrected chi connectivity index (χ1v) is 4.94. The Labute approximate surface area is 75.7 Å². The molecular weight excluding hydrogens is 148 g/mol. The number of nitrogens with two attached hydrogens (primary N) is 2. The van der Waals surface area contributed by atoms with Gasteiger partial charge in [-0.25, -0.2) is 0 Å². The molecule has 1 saturated carbocycles. The van der Waals surface area contributed by atoms with Crippen molar-refractivity contribution in [2.75, 3.05) is 13.1 Å². The fraction of sp³-hybridized carbons (Fsp3) is 1.00. The molecule has 4 N–H and O–H groups in total. The van der Waals surface area contributed by atoms with E-state index in [1.165, 1.54) is 25.7 Å². The molecule has 0 aromatic heterocycles. The van der Waals surface area contributed by atoms with Gasteiger partial charge in [-0.2, -0.15) is 0 Å². The van der Waals surface area contributed by atoms with Crippen LogP contribution in [-0.4, -0.2) is 13.1 Å². The van der Waals surface area contributed by atoms with Crippen molar-refractivity contribution in [3.8, 4) is 0 Å². The second kappa shape index (κ2) is 3.35. The van der Waals surface area contributed by atoms with Crippen LogP contribution in [0.15, 0.2) is 0 Å². The Morgan fingerprint density at radius 2 is 1.33 bits per heavy atom. The van der Waals surface area contributed by atoms with Gasteiger partial charge >= 0.3 is 0 Å². The molecule has 0 aliphatic heterocycles. The molecule has 0 radical (unpaired) electrons. The van der Waals surface area contributed by atoms with Gasteiger partial charge in [-0.05, 0) is 49.6 Å². The average Bonchev–Trinajstić information content (AvgIpc) is 2.06. The third-order valence-corrected chi connectivity index (χ3v) is 3.53. The zero-order chi connectivity index (χ0) is 9.24. The third kappa shape index (κ3) is 1.99. The Morgan fingerprint density at radius 1 is 0.917 bits per heavy atom. The predicted octanol–water partition coefficient (Wildman–Crippen LogP) is 1.49. The van der Waals surface area contributed by atoms with Crippen LogP contribution in [0, 0.1) is 10.8 Å². The molecule has 0 heterocycles. The molecule has 0 unspecified atom stereocenters. The highest BCUT2D eigenvalue weighted by Gasteiger charge is 2.36. The molecule has 0 amide bonds. The summed E-state index contributed by atoms with van der Waals surface area (Å²) in [7, 11) is 0. The zero-order valence-corrected chi connectivity index (χ0v) is 8.40. The molecule has 0 bridgehead atoms. The van der Waals surface area contributed by atoms with Gasteiger partial charge in [0.25, 0.3) is 0 Å². The van der Waals surface area contributed by atoms with Crippen molar-refractivity contribution in [1.82, 2.24) is 0 Å². The highest BCUT2D eigenvalue weighted by Crippen LogP contribution is 2.43. The van der Waals surface area contributed by atoms with E-state index in [1.807, 2.05) is 0 Å². The molecule has 0 spiro atoms. The molecule has 0 aromatic rings. The Bertz CT molecular complexity index is 136. The van der Waals surface area contributed by atoms with Crippen LogP contribution in [0.5, 0.6) is 0 Å². The van der Waals surface area contributed by atoms with Crippen molar-refractivity contribution in [2.45, 2.75) is 39.5 Å². The van der Waals surface area contributed by atoms with Crippen LogP contribution in [0.4, 0.5) is 0 Å². The quantitative estimate of drug-likeness (QED) is 0.659. The van der Waals surface area contributed by atoms with Gasteiger partial charge < -0.3 is 11.5 Å². The van der Waals surface area contributed by atoms with Crippen LogP contribution < -0.4 is 11.5 Å². The molecule has 0 aromatic carbocycles. The second-order valence-corrected chi connectivity index (χ2v) is 5.07. The number of rotatable bonds is 2. The SMILES string of the molecule is CC1(C)CCC(CN)(CN)CC1. The minimum atomic E-state index is 0.273.